The van der Waals surface area contributed by atoms with E-state index in [1.807, 2.05) is 11.8 Å². The zero-order valence-corrected chi connectivity index (χ0v) is 20.2. The Labute approximate surface area is 197 Å². The molecule has 3 rings (SSSR count). The molecule has 32 heavy (non-hydrogen) atoms. The van der Waals surface area contributed by atoms with Crippen molar-refractivity contribution in [1.82, 2.24) is 0 Å². The maximum atomic E-state index is 6.05. The van der Waals surface area contributed by atoms with Gasteiger partial charge in [-0.05, 0) is 43.5 Å². The molecule has 174 valence electrons. The van der Waals surface area contributed by atoms with Gasteiger partial charge in [0.25, 0.3) is 0 Å². The molecule has 2 aromatic rings. The number of nitrogens with two attached hydrogens (primary N) is 2. The first-order valence-electron chi connectivity index (χ1n) is 12.1. The van der Waals surface area contributed by atoms with Crippen LogP contribution in [0.5, 0.6) is 5.75 Å². The van der Waals surface area contributed by atoms with Gasteiger partial charge in [0, 0.05) is 28.9 Å². The molecule has 1 aliphatic heterocycles. The van der Waals surface area contributed by atoms with Gasteiger partial charge in [-0.3, -0.25) is 4.99 Å². The summed E-state index contributed by atoms with van der Waals surface area (Å²) in [4.78, 5) is 9.17. The number of anilines is 2. The number of hydrogen-bond donors (Lipinski definition) is 2. The van der Waals surface area contributed by atoms with Crippen molar-refractivity contribution in [1.29, 1.82) is 0 Å². The lowest BCUT2D eigenvalue weighted by atomic mass is 10.1. The molecule has 0 amide bonds. The molecule has 0 atom stereocenters. The number of rotatable bonds is 14. The molecule has 1 aliphatic rings. The molecule has 4 N–H and O–H groups in total. The van der Waals surface area contributed by atoms with Crippen LogP contribution in [0.1, 0.15) is 64.7 Å². The third-order valence-electron chi connectivity index (χ3n) is 5.70. The zero-order chi connectivity index (χ0) is 22.6. The SMILES string of the molecule is CCCCCOc1ccc2c(c1)N(CCCCCCCCN=C(N)N)c1ccccc1S2. The summed E-state index contributed by atoms with van der Waals surface area (Å²) in [6.45, 7) is 4.78. The number of hydrogen-bond acceptors (Lipinski definition) is 4. The maximum Gasteiger partial charge on any atom is 0.185 e. The van der Waals surface area contributed by atoms with Gasteiger partial charge in [-0.1, -0.05) is 69.3 Å². The Kier molecular flexibility index (Phi) is 10.1. The highest BCUT2D eigenvalue weighted by Gasteiger charge is 2.23. The summed E-state index contributed by atoms with van der Waals surface area (Å²) in [5, 5.41) is 0. The highest BCUT2D eigenvalue weighted by molar-refractivity contribution is 7.99. The summed E-state index contributed by atoms with van der Waals surface area (Å²) in [5.74, 6) is 1.17. The lowest BCUT2D eigenvalue weighted by Crippen LogP contribution is -2.22. The summed E-state index contributed by atoms with van der Waals surface area (Å²) < 4.78 is 6.05. The smallest absolute Gasteiger partial charge is 0.185 e. The Morgan fingerprint density at radius 2 is 1.62 bits per heavy atom. The third-order valence-corrected chi connectivity index (χ3v) is 6.83. The van der Waals surface area contributed by atoms with Gasteiger partial charge in [0.05, 0.1) is 18.0 Å². The molecule has 0 bridgehead atoms. The Bertz CT molecular complexity index is 867. The minimum Gasteiger partial charge on any atom is -0.494 e. The van der Waals surface area contributed by atoms with Crippen LogP contribution in [0, 0.1) is 0 Å². The van der Waals surface area contributed by atoms with E-state index in [1.54, 1.807) is 0 Å². The van der Waals surface area contributed by atoms with Crippen molar-refractivity contribution >= 4 is 29.1 Å². The Hall–Kier alpha value is -2.34. The highest BCUT2D eigenvalue weighted by Crippen LogP contribution is 2.49. The molecular formula is C26H38N4OS. The van der Waals surface area contributed by atoms with Gasteiger partial charge in [-0.2, -0.15) is 0 Å². The number of ether oxygens (including phenoxy) is 1. The molecule has 5 nitrogen and oxygen atoms in total. The minimum atomic E-state index is 0.194. The van der Waals surface area contributed by atoms with E-state index in [0.29, 0.717) is 0 Å². The topological polar surface area (TPSA) is 76.9 Å². The van der Waals surface area contributed by atoms with Crippen LogP contribution in [0.2, 0.25) is 0 Å². The van der Waals surface area contributed by atoms with E-state index in [-0.39, 0.29) is 5.96 Å². The van der Waals surface area contributed by atoms with Gasteiger partial charge < -0.3 is 21.1 Å². The average molecular weight is 455 g/mol. The second-order valence-electron chi connectivity index (χ2n) is 8.33. The van der Waals surface area contributed by atoms with Crippen LogP contribution in [0.4, 0.5) is 11.4 Å². The fraction of sp³-hybridized carbons (Fsp3) is 0.500. The number of para-hydroxylation sites is 1. The lowest BCUT2D eigenvalue weighted by Gasteiger charge is -2.33. The number of fused-ring (bicyclic) bond motifs is 2. The number of nitrogens with zero attached hydrogens (tertiary/aromatic N) is 2. The Morgan fingerprint density at radius 1 is 0.875 bits per heavy atom. The third kappa shape index (κ3) is 7.37. The molecule has 0 aliphatic carbocycles. The van der Waals surface area contributed by atoms with Crippen molar-refractivity contribution in [2.75, 3.05) is 24.6 Å². The highest BCUT2D eigenvalue weighted by atomic mass is 32.2. The van der Waals surface area contributed by atoms with E-state index in [0.717, 1.165) is 38.3 Å². The second kappa shape index (κ2) is 13.3. The van der Waals surface area contributed by atoms with Gasteiger partial charge in [0.2, 0.25) is 0 Å². The summed E-state index contributed by atoms with van der Waals surface area (Å²) in [6, 6.07) is 15.3. The van der Waals surface area contributed by atoms with Crippen LogP contribution in [0.15, 0.2) is 57.2 Å². The van der Waals surface area contributed by atoms with E-state index in [4.69, 9.17) is 16.2 Å². The molecular weight excluding hydrogens is 416 g/mol. The second-order valence-corrected chi connectivity index (χ2v) is 9.42. The van der Waals surface area contributed by atoms with Crippen molar-refractivity contribution in [3.05, 3.63) is 42.5 Å². The lowest BCUT2D eigenvalue weighted by molar-refractivity contribution is 0.306. The van der Waals surface area contributed by atoms with Gasteiger partial charge >= 0.3 is 0 Å². The van der Waals surface area contributed by atoms with Gasteiger partial charge in [-0.15, -0.1) is 0 Å². The average Bonchev–Trinajstić information content (AvgIpc) is 2.80. The maximum absolute atomic E-state index is 6.05. The van der Waals surface area contributed by atoms with Crippen LogP contribution in [-0.4, -0.2) is 25.7 Å². The normalized spacial score (nSPS) is 12.2. The first kappa shape index (κ1) is 24.3. The molecule has 0 aromatic heterocycles. The predicted molar refractivity (Wildman–Crippen MR) is 137 cm³/mol. The number of guanidine groups is 1. The molecule has 6 heteroatoms. The van der Waals surface area contributed by atoms with E-state index in [9.17, 15) is 0 Å². The van der Waals surface area contributed by atoms with Crippen molar-refractivity contribution in [3.8, 4) is 5.75 Å². The molecule has 0 unspecified atom stereocenters. The first-order valence-corrected chi connectivity index (χ1v) is 12.9. The Morgan fingerprint density at radius 3 is 2.44 bits per heavy atom. The summed E-state index contributed by atoms with van der Waals surface area (Å²) in [5.41, 5.74) is 13.3. The summed E-state index contributed by atoms with van der Waals surface area (Å²) in [7, 11) is 0. The zero-order valence-electron chi connectivity index (χ0n) is 19.4. The van der Waals surface area contributed by atoms with Crippen molar-refractivity contribution in [3.63, 3.8) is 0 Å². The molecule has 0 fully saturated rings. The number of aliphatic imine (C=N–C) groups is 1. The van der Waals surface area contributed by atoms with E-state index in [1.165, 1.54) is 66.1 Å². The van der Waals surface area contributed by atoms with Crippen molar-refractivity contribution in [2.45, 2.75) is 74.5 Å². The van der Waals surface area contributed by atoms with Crippen molar-refractivity contribution < 1.29 is 4.74 Å². The monoisotopic (exact) mass is 454 g/mol. The van der Waals surface area contributed by atoms with E-state index >= 15 is 0 Å². The van der Waals surface area contributed by atoms with E-state index < -0.39 is 0 Å². The molecule has 0 spiro atoms. The summed E-state index contributed by atoms with van der Waals surface area (Å²) >= 11 is 1.86. The van der Waals surface area contributed by atoms with Crippen LogP contribution in [0.3, 0.4) is 0 Å². The van der Waals surface area contributed by atoms with Gasteiger partial charge in [0.15, 0.2) is 5.96 Å². The quantitative estimate of drug-likeness (QED) is 0.194. The predicted octanol–water partition coefficient (Wildman–Crippen LogP) is 6.47. The molecule has 0 saturated heterocycles. The Balaban J connectivity index is 1.55. The van der Waals surface area contributed by atoms with Gasteiger partial charge in [-0.25, -0.2) is 0 Å². The fourth-order valence-electron chi connectivity index (χ4n) is 3.98. The molecule has 0 radical (unpaired) electrons. The molecule has 1 heterocycles. The number of unbranched alkanes of at least 4 members (excludes halogenated alkanes) is 7. The van der Waals surface area contributed by atoms with Gasteiger partial charge in [0.1, 0.15) is 5.75 Å². The van der Waals surface area contributed by atoms with Crippen LogP contribution in [0.25, 0.3) is 0 Å². The van der Waals surface area contributed by atoms with Crippen LogP contribution >= 0.6 is 11.8 Å². The molecule has 2 aromatic carbocycles. The largest absolute Gasteiger partial charge is 0.494 e. The molecule has 0 saturated carbocycles. The summed E-state index contributed by atoms with van der Waals surface area (Å²) in [6.07, 6.45) is 10.7. The first-order chi connectivity index (χ1) is 15.7. The van der Waals surface area contributed by atoms with Crippen LogP contribution < -0.4 is 21.1 Å². The number of benzene rings is 2. The van der Waals surface area contributed by atoms with Crippen LogP contribution in [-0.2, 0) is 0 Å². The standard InChI is InChI=1S/C26H38N4OS/c1-2-3-12-19-31-21-15-16-25-23(20-21)30(22-13-8-9-14-24(22)32-25)18-11-7-5-4-6-10-17-29-26(27)28/h8-9,13-16,20H,2-7,10-12,17-19H2,1H3,(H4,27,28,29). The minimum absolute atomic E-state index is 0.194. The fourth-order valence-corrected chi connectivity index (χ4v) is 5.05. The van der Waals surface area contributed by atoms with E-state index in [2.05, 4.69) is 59.3 Å². The van der Waals surface area contributed by atoms with Crippen molar-refractivity contribution in [2.24, 2.45) is 16.5 Å².